The second kappa shape index (κ2) is 6.52. The van der Waals surface area contributed by atoms with Crippen molar-refractivity contribution >= 4 is 11.6 Å². The third kappa shape index (κ3) is 3.34. The van der Waals surface area contributed by atoms with Crippen LogP contribution in [0.1, 0.15) is 21.5 Å². The summed E-state index contributed by atoms with van der Waals surface area (Å²) in [7, 11) is 3.10. The number of ether oxygens (including phenoxy) is 2. The Bertz CT molecular complexity index is 719. The molecule has 0 unspecified atom stereocenters. The molecule has 2 aromatic carbocycles. The molecule has 0 fully saturated rings. The summed E-state index contributed by atoms with van der Waals surface area (Å²) in [5.74, 6) is 0.844. The number of nitrogens with zero attached hydrogens (tertiary/aromatic N) is 1. The van der Waals surface area contributed by atoms with Gasteiger partial charge < -0.3 is 9.47 Å². The number of hydrogen-bond acceptors (Lipinski definition) is 4. The van der Waals surface area contributed by atoms with Crippen molar-refractivity contribution in [3.63, 3.8) is 0 Å². The van der Waals surface area contributed by atoms with E-state index < -0.39 is 0 Å². The van der Waals surface area contributed by atoms with Crippen LogP contribution in [0, 0.1) is 0 Å². The fraction of sp³-hybridized carbons (Fsp3) is 0.222. The monoisotopic (exact) mass is 310 g/mol. The van der Waals surface area contributed by atoms with Gasteiger partial charge in [0.25, 0.3) is 5.91 Å². The first kappa shape index (κ1) is 15.1. The van der Waals surface area contributed by atoms with Crippen molar-refractivity contribution in [3.8, 4) is 11.5 Å². The Morgan fingerprint density at radius 2 is 1.57 bits per heavy atom. The maximum atomic E-state index is 12.3. The number of amides is 1. The van der Waals surface area contributed by atoms with Crippen LogP contribution in [0.3, 0.4) is 0 Å². The van der Waals surface area contributed by atoms with E-state index in [1.54, 1.807) is 32.4 Å². The van der Waals surface area contributed by atoms with Gasteiger partial charge in [0.15, 0.2) is 0 Å². The van der Waals surface area contributed by atoms with E-state index in [2.05, 4.69) is 22.7 Å². The van der Waals surface area contributed by atoms with E-state index in [-0.39, 0.29) is 5.91 Å². The highest BCUT2D eigenvalue weighted by Crippen LogP contribution is 2.23. The van der Waals surface area contributed by atoms with Crippen LogP contribution >= 0.6 is 0 Å². The number of benzene rings is 2. The maximum absolute atomic E-state index is 12.3. The maximum Gasteiger partial charge on any atom is 0.271 e. The zero-order valence-corrected chi connectivity index (χ0v) is 13.1. The molecule has 0 aromatic heterocycles. The van der Waals surface area contributed by atoms with Crippen LogP contribution in [0.2, 0.25) is 0 Å². The normalized spacial score (nSPS) is 12.5. The molecule has 0 saturated carbocycles. The lowest BCUT2D eigenvalue weighted by Gasteiger charge is -2.07. The average molecular weight is 310 g/mol. The molecule has 23 heavy (non-hydrogen) atoms. The first-order chi connectivity index (χ1) is 11.2. The zero-order chi connectivity index (χ0) is 16.2. The second-order valence-electron chi connectivity index (χ2n) is 5.34. The van der Waals surface area contributed by atoms with E-state index >= 15 is 0 Å². The summed E-state index contributed by atoms with van der Waals surface area (Å²) in [4.78, 5) is 12.3. The van der Waals surface area contributed by atoms with Crippen LogP contribution < -0.4 is 14.9 Å². The Hall–Kier alpha value is -2.82. The summed E-state index contributed by atoms with van der Waals surface area (Å²) >= 11 is 0. The molecule has 0 heterocycles. The molecule has 0 spiro atoms. The summed E-state index contributed by atoms with van der Waals surface area (Å²) in [5.41, 5.74) is 6.55. The molecule has 5 heteroatoms. The van der Waals surface area contributed by atoms with E-state index in [4.69, 9.17) is 9.47 Å². The quantitative estimate of drug-likeness (QED) is 0.883. The minimum absolute atomic E-state index is 0.286. The molecule has 118 valence electrons. The molecular weight excluding hydrogens is 292 g/mol. The minimum Gasteiger partial charge on any atom is -0.497 e. The molecule has 0 atom stereocenters. The standard InChI is InChI=1S/C18H18N2O3/c1-22-16-9-14(10-17(11-16)23-2)18(21)20-19-15-7-12-5-3-4-6-13(12)8-15/h3-6,9-11H,7-8H2,1-2H3,(H,20,21). The third-order valence-corrected chi connectivity index (χ3v) is 3.84. The van der Waals surface area contributed by atoms with Crippen molar-refractivity contribution in [2.75, 3.05) is 14.2 Å². The topological polar surface area (TPSA) is 59.9 Å². The lowest BCUT2D eigenvalue weighted by atomic mass is 10.1. The van der Waals surface area contributed by atoms with Gasteiger partial charge in [-0.25, -0.2) is 5.43 Å². The summed E-state index contributed by atoms with van der Waals surface area (Å²) in [5, 5.41) is 4.26. The van der Waals surface area contributed by atoms with E-state index in [9.17, 15) is 4.79 Å². The highest BCUT2D eigenvalue weighted by molar-refractivity contribution is 5.97. The molecule has 1 N–H and O–H groups in total. The SMILES string of the molecule is COc1cc(OC)cc(C(=O)NN=C2Cc3ccccc3C2)c1. The van der Waals surface area contributed by atoms with Gasteiger partial charge in [0, 0.05) is 30.2 Å². The van der Waals surface area contributed by atoms with Crippen molar-refractivity contribution in [1.29, 1.82) is 0 Å². The summed E-state index contributed by atoms with van der Waals surface area (Å²) in [6, 6.07) is 13.2. The number of hydrogen-bond donors (Lipinski definition) is 1. The molecule has 1 aliphatic rings. The Labute approximate surface area is 134 Å². The predicted octanol–water partition coefficient (Wildman–Crippen LogP) is 2.59. The molecule has 1 amide bonds. The van der Waals surface area contributed by atoms with Crippen LogP contribution in [-0.2, 0) is 12.8 Å². The smallest absolute Gasteiger partial charge is 0.271 e. The fourth-order valence-corrected chi connectivity index (χ4v) is 2.62. The summed E-state index contributed by atoms with van der Waals surface area (Å²) < 4.78 is 10.3. The van der Waals surface area contributed by atoms with E-state index in [1.165, 1.54) is 11.1 Å². The first-order valence-electron chi connectivity index (χ1n) is 7.35. The molecule has 2 aromatic rings. The van der Waals surface area contributed by atoms with Crippen LogP contribution in [0.15, 0.2) is 47.6 Å². The van der Waals surface area contributed by atoms with Gasteiger partial charge in [0.05, 0.1) is 14.2 Å². The summed E-state index contributed by atoms with van der Waals surface area (Å²) in [6.07, 6.45) is 1.55. The van der Waals surface area contributed by atoms with Crippen molar-refractivity contribution in [3.05, 3.63) is 59.2 Å². The van der Waals surface area contributed by atoms with Crippen molar-refractivity contribution in [1.82, 2.24) is 5.43 Å². The number of nitrogens with one attached hydrogen (secondary N) is 1. The van der Waals surface area contributed by atoms with E-state index in [0.29, 0.717) is 17.1 Å². The number of carbonyl (C=O) groups is 1. The van der Waals surface area contributed by atoms with Gasteiger partial charge in [-0.2, -0.15) is 5.10 Å². The van der Waals surface area contributed by atoms with Gasteiger partial charge in [0.2, 0.25) is 0 Å². The third-order valence-electron chi connectivity index (χ3n) is 3.84. The lowest BCUT2D eigenvalue weighted by Crippen LogP contribution is -2.20. The highest BCUT2D eigenvalue weighted by Gasteiger charge is 2.16. The van der Waals surface area contributed by atoms with Gasteiger partial charge in [-0.3, -0.25) is 4.79 Å². The molecule has 5 nitrogen and oxygen atoms in total. The molecule has 0 radical (unpaired) electrons. The zero-order valence-electron chi connectivity index (χ0n) is 13.1. The number of hydrazone groups is 1. The first-order valence-corrected chi connectivity index (χ1v) is 7.35. The number of methoxy groups -OCH3 is 2. The average Bonchev–Trinajstić information content (AvgIpc) is 3.02. The van der Waals surface area contributed by atoms with Crippen LogP contribution in [-0.4, -0.2) is 25.8 Å². The van der Waals surface area contributed by atoms with Crippen molar-refractivity contribution in [2.24, 2.45) is 5.10 Å². The minimum atomic E-state index is -0.286. The largest absolute Gasteiger partial charge is 0.497 e. The van der Waals surface area contributed by atoms with E-state index in [0.717, 1.165) is 18.6 Å². The Morgan fingerprint density at radius 3 is 2.09 bits per heavy atom. The van der Waals surface area contributed by atoms with Crippen LogP contribution in [0.5, 0.6) is 11.5 Å². The highest BCUT2D eigenvalue weighted by atomic mass is 16.5. The molecule has 1 aliphatic carbocycles. The van der Waals surface area contributed by atoms with Crippen LogP contribution in [0.25, 0.3) is 0 Å². The predicted molar refractivity (Wildman–Crippen MR) is 88.3 cm³/mol. The molecule has 0 bridgehead atoms. The van der Waals surface area contributed by atoms with Gasteiger partial charge >= 0.3 is 0 Å². The number of carbonyl (C=O) groups excluding carboxylic acids is 1. The molecule has 3 rings (SSSR count). The Balaban J connectivity index is 1.72. The lowest BCUT2D eigenvalue weighted by molar-refractivity contribution is 0.0954. The van der Waals surface area contributed by atoms with Gasteiger partial charge in [-0.1, -0.05) is 24.3 Å². The Morgan fingerprint density at radius 1 is 1.00 bits per heavy atom. The fourth-order valence-electron chi connectivity index (χ4n) is 2.62. The summed E-state index contributed by atoms with van der Waals surface area (Å²) in [6.45, 7) is 0. The van der Waals surface area contributed by atoms with E-state index in [1.807, 2.05) is 12.1 Å². The second-order valence-corrected chi connectivity index (χ2v) is 5.34. The van der Waals surface area contributed by atoms with Gasteiger partial charge in [0.1, 0.15) is 11.5 Å². The van der Waals surface area contributed by atoms with Crippen LogP contribution in [0.4, 0.5) is 0 Å². The Kier molecular flexibility index (Phi) is 4.28. The molecule has 0 aliphatic heterocycles. The van der Waals surface area contributed by atoms with Crippen molar-refractivity contribution < 1.29 is 14.3 Å². The van der Waals surface area contributed by atoms with Gasteiger partial charge in [-0.15, -0.1) is 0 Å². The van der Waals surface area contributed by atoms with Gasteiger partial charge in [-0.05, 0) is 23.3 Å². The van der Waals surface area contributed by atoms with Crippen molar-refractivity contribution in [2.45, 2.75) is 12.8 Å². The number of rotatable bonds is 4. The molecular formula is C18H18N2O3. The molecule has 0 saturated heterocycles. The number of fused-ring (bicyclic) bond motifs is 1.